The molecule has 0 saturated carbocycles. The highest BCUT2D eigenvalue weighted by molar-refractivity contribution is 6.22. The molecule has 11 rings (SSSR count). The van der Waals surface area contributed by atoms with E-state index in [2.05, 4.69) is 196 Å². The third kappa shape index (κ3) is 4.49. The van der Waals surface area contributed by atoms with Crippen molar-refractivity contribution in [2.45, 2.75) is 19.3 Å². The molecule has 10 aromatic carbocycles. The Kier molecular flexibility index (Phi) is 6.40. The molecule has 0 nitrogen and oxygen atoms in total. The molecule has 0 unspecified atom stereocenters. The predicted molar refractivity (Wildman–Crippen MR) is 228 cm³/mol. The van der Waals surface area contributed by atoms with Crippen molar-refractivity contribution in [3.8, 4) is 44.5 Å². The van der Waals surface area contributed by atoms with Gasteiger partial charge in [-0.2, -0.15) is 0 Å². The molecule has 0 aliphatic heterocycles. The second kappa shape index (κ2) is 11.2. The fraction of sp³-hybridized carbons (Fsp3) is 0.0566. The molecule has 248 valence electrons. The Labute approximate surface area is 309 Å². The molecule has 0 fully saturated rings. The fourth-order valence-corrected chi connectivity index (χ4v) is 9.35. The first-order chi connectivity index (χ1) is 26.0. The molecular formula is C53H36. The van der Waals surface area contributed by atoms with Gasteiger partial charge in [0.2, 0.25) is 0 Å². The molecule has 0 atom stereocenters. The van der Waals surface area contributed by atoms with Crippen LogP contribution < -0.4 is 0 Å². The third-order valence-electron chi connectivity index (χ3n) is 12.0. The maximum absolute atomic E-state index is 2.43. The zero-order valence-electron chi connectivity index (χ0n) is 29.8. The van der Waals surface area contributed by atoms with Crippen LogP contribution in [0.2, 0.25) is 0 Å². The normalized spacial score (nSPS) is 13.2. The van der Waals surface area contributed by atoms with Crippen LogP contribution in [0.1, 0.15) is 25.0 Å². The standard InChI is InChI=1S/C53H36/c1-53(2)51-18-10-9-17-47(51)48-26-24-36(31-52(48)53)35-21-19-33-20-22-37(30-38(33)29-35)40-27-28-46(42-14-6-5-13-41(40)42)50-32-49-39-12-4-3-11-34(39)23-25-45(49)43-15-7-8-16-44(43)50/h3-32H,1-2H3. The van der Waals surface area contributed by atoms with E-state index in [0.29, 0.717) is 0 Å². The van der Waals surface area contributed by atoms with Gasteiger partial charge in [-0.25, -0.2) is 0 Å². The zero-order chi connectivity index (χ0) is 35.3. The van der Waals surface area contributed by atoms with E-state index < -0.39 is 0 Å². The molecule has 1 aliphatic rings. The van der Waals surface area contributed by atoms with Crippen LogP contribution in [0.5, 0.6) is 0 Å². The van der Waals surface area contributed by atoms with Crippen LogP contribution in [0, 0.1) is 0 Å². The summed E-state index contributed by atoms with van der Waals surface area (Å²) in [4.78, 5) is 0. The van der Waals surface area contributed by atoms with Gasteiger partial charge in [0.1, 0.15) is 0 Å². The van der Waals surface area contributed by atoms with Gasteiger partial charge in [0.25, 0.3) is 0 Å². The van der Waals surface area contributed by atoms with Crippen LogP contribution in [0.25, 0.3) is 98.4 Å². The van der Waals surface area contributed by atoms with Gasteiger partial charge in [-0.15, -0.1) is 0 Å². The summed E-state index contributed by atoms with van der Waals surface area (Å²) in [5.74, 6) is 0. The van der Waals surface area contributed by atoms with Crippen molar-refractivity contribution in [2.24, 2.45) is 0 Å². The van der Waals surface area contributed by atoms with Crippen molar-refractivity contribution in [1.82, 2.24) is 0 Å². The smallest absolute Gasteiger partial charge is 0.0159 e. The van der Waals surface area contributed by atoms with Crippen molar-refractivity contribution < 1.29 is 0 Å². The number of hydrogen-bond donors (Lipinski definition) is 0. The van der Waals surface area contributed by atoms with E-state index in [1.807, 2.05) is 0 Å². The summed E-state index contributed by atoms with van der Waals surface area (Å²) in [6, 6.07) is 68.0. The second-order valence-electron chi connectivity index (χ2n) is 15.3. The average molecular weight is 673 g/mol. The van der Waals surface area contributed by atoms with Crippen molar-refractivity contribution in [3.63, 3.8) is 0 Å². The van der Waals surface area contributed by atoms with E-state index in [1.54, 1.807) is 0 Å². The molecule has 10 aromatic rings. The zero-order valence-corrected chi connectivity index (χ0v) is 29.8. The largest absolute Gasteiger partial charge is 0.0619 e. The van der Waals surface area contributed by atoms with E-state index in [-0.39, 0.29) is 5.41 Å². The highest BCUT2D eigenvalue weighted by Gasteiger charge is 2.35. The maximum Gasteiger partial charge on any atom is 0.0159 e. The quantitative estimate of drug-likeness (QED) is 0.164. The molecular weight excluding hydrogens is 637 g/mol. The molecule has 0 amide bonds. The average Bonchev–Trinajstić information content (AvgIpc) is 3.45. The van der Waals surface area contributed by atoms with Crippen LogP contribution in [0.3, 0.4) is 0 Å². The van der Waals surface area contributed by atoms with Crippen molar-refractivity contribution in [2.75, 3.05) is 0 Å². The van der Waals surface area contributed by atoms with E-state index in [1.165, 1.54) is 109 Å². The molecule has 1 aliphatic carbocycles. The predicted octanol–water partition coefficient (Wildman–Crippen LogP) is 14.8. The Morgan fingerprint density at radius 3 is 1.62 bits per heavy atom. The molecule has 53 heavy (non-hydrogen) atoms. The molecule has 0 aromatic heterocycles. The summed E-state index contributed by atoms with van der Waals surface area (Å²) in [5.41, 5.74) is 13.1. The number of fused-ring (bicyclic) bond motifs is 10. The van der Waals surface area contributed by atoms with E-state index in [9.17, 15) is 0 Å². The fourth-order valence-electron chi connectivity index (χ4n) is 9.35. The topological polar surface area (TPSA) is 0 Å². The highest BCUT2D eigenvalue weighted by Crippen LogP contribution is 2.50. The van der Waals surface area contributed by atoms with Gasteiger partial charge >= 0.3 is 0 Å². The second-order valence-corrected chi connectivity index (χ2v) is 15.3. The molecule has 0 heterocycles. The lowest BCUT2D eigenvalue weighted by atomic mass is 9.81. The lowest BCUT2D eigenvalue weighted by Crippen LogP contribution is -2.14. The number of benzene rings is 10. The molecule has 0 spiro atoms. The Balaban J connectivity index is 1.05. The molecule has 0 radical (unpaired) electrons. The van der Waals surface area contributed by atoms with Gasteiger partial charge in [0, 0.05) is 5.41 Å². The van der Waals surface area contributed by atoms with E-state index >= 15 is 0 Å². The first-order valence-corrected chi connectivity index (χ1v) is 18.7. The van der Waals surface area contributed by atoms with Crippen molar-refractivity contribution in [3.05, 3.63) is 193 Å². The van der Waals surface area contributed by atoms with Crippen molar-refractivity contribution >= 4 is 53.9 Å². The minimum atomic E-state index is -0.0217. The van der Waals surface area contributed by atoms with Crippen LogP contribution in [-0.4, -0.2) is 0 Å². The van der Waals surface area contributed by atoms with Crippen LogP contribution in [0.4, 0.5) is 0 Å². The third-order valence-corrected chi connectivity index (χ3v) is 12.0. The first kappa shape index (κ1) is 30.2. The Morgan fingerprint density at radius 2 is 0.792 bits per heavy atom. The van der Waals surface area contributed by atoms with E-state index in [4.69, 9.17) is 0 Å². The maximum atomic E-state index is 2.43. The van der Waals surface area contributed by atoms with Crippen LogP contribution >= 0.6 is 0 Å². The number of hydrogen-bond acceptors (Lipinski definition) is 0. The molecule has 0 bridgehead atoms. The lowest BCUT2D eigenvalue weighted by Gasteiger charge is -2.22. The van der Waals surface area contributed by atoms with Crippen LogP contribution in [-0.2, 0) is 5.41 Å². The molecule has 0 N–H and O–H groups in total. The number of rotatable bonds is 3. The van der Waals surface area contributed by atoms with Gasteiger partial charge in [0.05, 0.1) is 0 Å². The summed E-state index contributed by atoms with van der Waals surface area (Å²) in [7, 11) is 0. The Hall–Kier alpha value is -6.50. The SMILES string of the molecule is CC1(C)c2ccccc2-c2ccc(-c3ccc4ccc(-c5ccc(-c6cc7c8ccccc8ccc7c7ccccc67)c6ccccc56)cc4c3)cc21. The van der Waals surface area contributed by atoms with Gasteiger partial charge in [-0.3, -0.25) is 0 Å². The van der Waals surface area contributed by atoms with Crippen molar-refractivity contribution in [1.29, 1.82) is 0 Å². The summed E-state index contributed by atoms with van der Waals surface area (Å²) in [6.45, 7) is 4.71. The summed E-state index contributed by atoms with van der Waals surface area (Å²) in [6.07, 6.45) is 0. The summed E-state index contributed by atoms with van der Waals surface area (Å²) in [5, 5.41) is 12.8. The monoisotopic (exact) mass is 672 g/mol. The highest BCUT2D eigenvalue weighted by atomic mass is 14.4. The Morgan fingerprint density at radius 1 is 0.264 bits per heavy atom. The molecule has 0 saturated heterocycles. The van der Waals surface area contributed by atoms with Gasteiger partial charge in [-0.05, 0) is 134 Å². The molecule has 0 heteroatoms. The summed E-state index contributed by atoms with van der Waals surface area (Å²) < 4.78 is 0. The van der Waals surface area contributed by atoms with E-state index in [0.717, 1.165) is 0 Å². The minimum absolute atomic E-state index is 0.0217. The van der Waals surface area contributed by atoms with Crippen LogP contribution in [0.15, 0.2) is 182 Å². The first-order valence-electron chi connectivity index (χ1n) is 18.7. The minimum Gasteiger partial charge on any atom is -0.0619 e. The Bertz CT molecular complexity index is 3140. The summed E-state index contributed by atoms with van der Waals surface area (Å²) >= 11 is 0. The lowest BCUT2D eigenvalue weighted by molar-refractivity contribution is 0.660. The van der Waals surface area contributed by atoms with Gasteiger partial charge < -0.3 is 0 Å². The van der Waals surface area contributed by atoms with Gasteiger partial charge in [-0.1, -0.05) is 172 Å². The van der Waals surface area contributed by atoms with Gasteiger partial charge in [0.15, 0.2) is 0 Å².